The van der Waals surface area contributed by atoms with E-state index in [9.17, 15) is 41.6 Å². The summed E-state index contributed by atoms with van der Waals surface area (Å²) >= 11 is 0. The second-order valence-corrected chi connectivity index (χ2v) is 17.6. The van der Waals surface area contributed by atoms with Crippen LogP contribution in [0.25, 0.3) is 0 Å². The van der Waals surface area contributed by atoms with E-state index >= 15 is 0 Å². The molecule has 2 aliphatic heterocycles. The van der Waals surface area contributed by atoms with Crippen LogP contribution in [-0.2, 0) is 51.8 Å². The molecule has 0 aromatic heterocycles. The SMILES string of the molecule is C=C[C@@H]1C[C@]1(NC(=O)[C@@H]1CC(OC(=O)N2Cc3cccc(F)c3C2)CN1C(=O)[C@H](CCC(=O)C=C(C)C)NC(=O)OC(C)(C)C)C(=O)NS(=O)(=O)C1CC1. The van der Waals surface area contributed by atoms with Crippen LogP contribution in [0.3, 0.4) is 0 Å². The minimum Gasteiger partial charge on any atom is -0.444 e. The summed E-state index contributed by atoms with van der Waals surface area (Å²) in [6.07, 6.45) is 0.324. The van der Waals surface area contributed by atoms with Crippen LogP contribution in [0.5, 0.6) is 0 Å². The van der Waals surface area contributed by atoms with Gasteiger partial charge in [-0.15, -0.1) is 6.58 Å². The maximum atomic E-state index is 14.4. The Morgan fingerprint density at radius 1 is 1.11 bits per heavy atom. The normalized spacial score (nSPS) is 23.7. The van der Waals surface area contributed by atoms with Crippen molar-refractivity contribution < 1.29 is 51.0 Å². The summed E-state index contributed by atoms with van der Waals surface area (Å²) in [7, 11) is -3.97. The first-order chi connectivity index (χ1) is 25.2. The van der Waals surface area contributed by atoms with Gasteiger partial charge in [0.2, 0.25) is 21.8 Å². The van der Waals surface area contributed by atoms with Gasteiger partial charge in [-0.05, 0) is 78.0 Å². The molecule has 5 rings (SSSR count). The smallest absolute Gasteiger partial charge is 0.410 e. The quantitative estimate of drug-likeness (QED) is 0.198. The first-order valence-electron chi connectivity index (χ1n) is 17.9. The Morgan fingerprint density at radius 3 is 2.41 bits per heavy atom. The van der Waals surface area contributed by atoms with Crippen molar-refractivity contribution >= 4 is 45.7 Å². The fourth-order valence-corrected chi connectivity index (χ4v) is 8.07. The van der Waals surface area contributed by atoms with Gasteiger partial charge in [-0.2, -0.15) is 0 Å². The van der Waals surface area contributed by atoms with Crippen LogP contribution in [0.15, 0.2) is 42.5 Å². The van der Waals surface area contributed by atoms with Crippen LogP contribution in [0, 0.1) is 11.7 Å². The molecular weight excluding hydrogens is 725 g/mol. The van der Waals surface area contributed by atoms with Crippen molar-refractivity contribution in [2.24, 2.45) is 5.92 Å². The molecule has 54 heavy (non-hydrogen) atoms. The second-order valence-electron chi connectivity index (χ2n) is 15.6. The number of sulfonamides is 1. The maximum absolute atomic E-state index is 14.4. The van der Waals surface area contributed by atoms with Crippen LogP contribution in [0.2, 0.25) is 0 Å². The van der Waals surface area contributed by atoms with Crippen molar-refractivity contribution in [3.05, 3.63) is 59.4 Å². The number of hydrogen-bond donors (Lipinski definition) is 3. The standard InChI is InChI=1S/C37H48FN5O10S/c1-7-23-17-37(23,33(47)41-54(50,51)26-12-13-26)40-31(45)30-16-25(52-35(49)42-18-22-9-8-10-28(38)27(22)20-42)19-43(30)32(46)29(14-11-24(44)15-21(2)3)39-34(48)53-36(4,5)6/h7-10,15,23,25-26,29-30H,1,11-14,16-20H2,2-6H3,(H,39,48)(H,40,45)(H,41,47)/t23-,25?,29+,30+,37-/m1/s1. The minimum atomic E-state index is -3.97. The van der Waals surface area contributed by atoms with Gasteiger partial charge in [0, 0.05) is 30.9 Å². The minimum absolute atomic E-state index is 0.0496. The Balaban J connectivity index is 1.39. The molecule has 0 radical (unpaired) electrons. The number of halogens is 1. The van der Waals surface area contributed by atoms with E-state index in [1.165, 1.54) is 29.2 Å². The molecule has 3 fully saturated rings. The number of alkyl carbamates (subject to hydrolysis) is 1. The summed E-state index contributed by atoms with van der Waals surface area (Å²) in [5, 5.41) is 4.48. The van der Waals surface area contributed by atoms with Gasteiger partial charge in [0.05, 0.1) is 18.3 Å². The van der Waals surface area contributed by atoms with Crippen molar-refractivity contribution in [3.8, 4) is 0 Å². The first kappa shape index (κ1) is 40.4. The summed E-state index contributed by atoms with van der Waals surface area (Å²) in [6.45, 7) is 11.8. The molecule has 4 aliphatic rings. The largest absolute Gasteiger partial charge is 0.444 e. The molecule has 1 saturated heterocycles. The van der Waals surface area contributed by atoms with Gasteiger partial charge >= 0.3 is 12.2 Å². The molecule has 1 aromatic rings. The molecule has 15 nitrogen and oxygen atoms in total. The Labute approximate surface area is 314 Å². The molecule has 5 atom stereocenters. The van der Waals surface area contributed by atoms with Gasteiger partial charge < -0.3 is 25.0 Å². The van der Waals surface area contributed by atoms with Crippen molar-refractivity contribution in [2.75, 3.05) is 6.54 Å². The Kier molecular flexibility index (Phi) is 11.6. The van der Waals surface area contributed by atoms with E-state index in [0.717, 1.165) is 10.5 Å². The molecule has 2 heterocycles. The number of likely N-dealkylation sites (tertiary alicyclic amines) is 1. The summed E-state index contributed by atoms with van der Waals surface area (Å²) < 4.78 is 53.0. The highest BCUT2D eigenvalue weighted by Crippen LogP contribution is 2.45. The molecule has 17 heteroatoms. The van der Waals surface area contributed by atoms with Crippen LogP contribution < -0.4 is 15.4 Å². The molecule has 1 aromatic carbocycles. The Morgan fingerprint density at radius 2 is 1.81 bits per heavy atom. The van der Waals surface area contributed by atoms with E-state index in [0.29, 0.717) is 24.0 Å². The lowest BCUT2D eigenvalue weighted by molar-refractivity contribution is -0.141. The van der Waals surface area contributed by atoms with Crippen LogP contribution >= 0.6 is 0 Å². The van der Waals surface area contributed by atoms with Crippen molar-refractivity contribution in [1.82, 2.24) is 25.2 Å². The molecule has 5 amide bonds. The van der Waals surface area contributed by atoms with E-state index in [1.54, 1.807) is 40.7 Å². The van der Waals surface area contributed by atoms with E-state index in [2.05, 4.69) is 21.9 Å². The summed E-state index contributed by atoms with van der Waals surface area (Å²) in [6, 6.07) is 1.79. The average Bonchev–Trinajstić information content (AvgIpc) is 3.96. The summed E-state index contributed by atoms with van der Waals surface area (Å²) in [4.78, 5) is 83.2. The molecule has 2 aliphatic carbocycles. The van der Waals surface area contributed by atoms with Gasteiger partial charge in [-0.1, -0.05) is 23.8 Å². The molecule has 294 valence electrons. The zero-order chi connectivity index (χ0) is 39.7. The lowest BCUT2D eigenvalue weighted by Gasteiger charge is -2.30. The Bertz CT molecular complexity index is 1870. The number of ether oxygens (including phenoxy) is 2. The third-order valence-electron chi connectivity index (χ3n) is 9.67. The molecule has 2 saturated carbocycles. The highest BCUT2D eigenvalue weighted by Gasteiger charge is 2.62. The van der Waals surface area contributed by atoms with Gasteiger partial charge in [-0.3, -0.25) is 28.8 Å². The molecule has 3 N–H and O–H groups in total. The van der Waals surface area contributed by atoms with Crippen molar-refractivity contribution in [3.63, 3.8) is 0 Å². The van der Waals surface area contributed by atoms with Gasteiger partial charge in [-0.25, -0.2) is 22.4 Å². The second kappa shape index (κ2) is 15.5. The lowest BCUT2D eigenvalue weighted by atomic mass is 10.1. The van der Waals surface area contributed by atoms with Crippen LogP contribution in [-0.4, -0.2) is 95.0 Å². The van der Waals surface area contributed by atoms with Crippen LogP contribution in [0.4, 0.5) is 14.0 Å². The lowest BCUT2D eigenvalue weighted by Crippen LogP contribution is -2.58. The van der Waals surface area contributed by atoms with Crippen molar-refractivity contribution in [2.45, 2.75) is 121 Å². The monoisotopic (exact) mass is 773 g/mol. The predicted octanol–water partition coefficient (Wildman–Crippen LogP) is 3.13. The number of fused-ring (bicyclic) bond motifs is 1. The Hall–Kier alpha value is -4.80. The number of ketones is 1. The number of carbonyl (C=O) groups excluding carboxylic acids is 6. The number of allylic oxidation sites excluding steroid dienone is 2. The number of benzene rings is 1. The van der Waals surface area contributed by atoms with Gasteiger partial charge in [0.15, 0.2) is 5.78 Å². The van der Waals surface area contributed by atoms with Gasteiger partial charge in [0.25, 0.3) is 5.91 Å². The fourth-order valence-electron chi connectivity index (χ4n) is 6.71. The zero-order valence-electron chi connectivity index (χ0n) is 31.1. The molecule has 0 spiro atoms. The third-order valence-corrected chi connectivity index (χ3v) is 11.5. The topological polar surface area (TPSA) is 198 Å². The highest BCUT2D eigenvalue weighted by molar-refractivity contribution is 7.91. The number of hydrogen-bond acceptors (Lipinski definition) is 10. The first-order valence-corrected chi connectivity index (χ1v) is 19.5. The third kappa shape index (κ3) is 9.46. The van der Waals surface area contributed by atoms with Crippen molar-refractivity contribution in [1.29, 1.82) is 0 Å². The average molecular weight is 774 g/mol. The number of rotatable bonds is 13. The summed E-state index contributed by atoms with van der Waals surface area (Å²) in [5.41, 5.74) is -0.910. The van der Waals surface area contributed by atoms with E-state index < -0.39 is 86.2 Å². The van der Waals surface area contributed by atoms with Crippen LogP contribution in [0.1, 0.15) is 84.3 Å². The fraction of sp³-hybridized carbons (Fsp3) is 0.568. The number of nitrogens with one attached hydrogen (secondary N) is 3. The van der Waals surface area contributed by atoms with E-state index in [-0.39, 0.29) is 51.1 Å². The predicted molar refractivity (Wildman–Crippen MR) is 192 cm³/mol. The van der Waals surface area contributed by atoms with Gasteiger partial charge in [0.1, 0.15) is 35.1 Å². The highest BCUT2D eigenvalue weighted by atomic mass is 32.2. The molecular formula is C37H48FN5O10S. The number of carbonyl (C=O) groups is 6. The zero-order valence-corrected chi connectivity index (χ0v) is 31.9. The number of amides is 5. The van der Waals surface area contributed by atoms with E-state index in [4.69, 9.17) is 9.47 Å². The maximum Gasteiger partial charge on any atom is 0.410 e. The summed E-state index contributed by atoms with van der Waals surface area (Å²) in [5.74, 6) is -3.94. The molecule has 0 bridgehead atoms. The number of nitrogens with zero attached hydrogens (tertiary/aromatic N) is 2. The van der Waals surface area contributed by atoms with E-state index in [1.807, 2.05) is 0 Å². The molecule has 1 unspecified atom stereocenters.